The number of halogens is 3. The first kappa shape index (κ1) is 18.0. The number of rotatable bonds is 5. The van der Waals surface area contributed by atoms with Gasteiger partial charge in [-0.3, -0.25) is 19.6 Å². The Kier molecular flexibility index (Phi) is 4.70. The van der Waals surface area contributed by atoms with E-state index in [0.717, 1.165) is 18.6 Å². The summed E-state index contributed by atoms with van der Waals surface area (Å²) in [6.07, 6.45) is -2.18. The number of nitro groups is 1. The molecular formula is C15H15F3N4O4. The molecule has 2 aromatic rings. The van der Waals surface area contributed by atoms with E-state index in [4.69, 9.17) is 4.42 Å². The second-order valence-corrected chi connectivity index (χ2v) is 5.85. The molecule has 8 nitrogen and oxygen atoms in total. The van der Waals surface area contributed by atoms with Gasteiger partial charge in [0, 0.05) is 17.8 Å². The lowest BCUT2D eigenvalue weighted by Gasteiger charge is -2.14. The highest BCUT2D eigenvalue weighted by atomic mass is 19.4. The van der Waals surface area contributed by atoms with E-state index in [2.05, 4.69) is 10.4 Å². The largest absolute Gasteiger partial charge is 0.435 e. The van der Waals surface area contributed by atoms with Crippen LogP contribution in [0.3, 0.4) is 0 Å². The normalized spacial score (nSPS) is 14.1. The summed E-state index contributed by atoms with van der Waals surface area (Å²) in [5.74, 6) is -1.49. The Morgan fingerprint density at radius 2 is 2.08 bits per heavy atom. The number of hydrogen-bond acceptors (Lipinski definition) is 5. The van der Waals surface area contributed by atoms with E-state index in [1.807, 2.05) is 0 Å². The van der Waals surface area contributed by atoms with E-state index < -0.39 is 28.6 Å². The van der Waals surface area contributed by atoms with Crippen LogP contribution in [-0.4, -0.2) is 27.2 Å². The minimum Gasteiger partial charge on any atom is -0.395 e. The Bertz CT molecular complexity index is 841. The molecule has 1 amide bonds. The minimum atomic E-state index is -4.51. The molecule has 0 radical (unpaired) electrons. The van der Waals surface area contributed by atoms with Crippen molar-refractivity contribution in [2.24, 2.45) is 0 Å². The predicted octanol–water partition coefficient (Wildman–Crippen LogP) is 2.71. The molecule has 1 aliphatic carbocycles. The molecule has 140 valence electrons. The molecule has 1 N–H and O–H groups in total. The van der Waals surface area contributed by atoms with Crippen LogP contribution in [0.2, 0.25) is 0 Å². The predicted molar refractivity (Wildman–Crippen MR) is 81.6 cm³/mol. The zero-order valence-electron chi connectivity index (χ0n) is 13.5. The topological polar surface area (TPSA) is 103 Å². The van der Waals surface area contributed by atoms with Gasteiger partial charge in [0.15, 0.2) is 11.5 Å². The Labute approximate surface area is 145 Å². The molecule has 2 heterocycles. The fourth-order valence-electron chi connectivity index (χ4n) is 2.99. The van der Waals surface area contributed by atoms with Gasteiger partial charge in [-0.2, -0.15) is 18.3 Å². The number of carbonyl (C=O) groups is 1. The van der Waals surface area contributed by atoms with Gasteiger partial charge in [-0.1, -0.05) is 0 Å². The molecule has 11 heteroatoms. The van der Waals surface area contributed by atoms with Crippen LogP contribution in [0.25, 0.3) is 0 Å². The van der Waals surface area contributed by atoms with Crippen LogP contribution < -0.4 is 5.32 Å². The second-order valence-electron chi connectivity index (χ2n) is 5.85. The van der Waals surface area contributed by atoms with Gasteiger partial charge in [0.25, 0.3) is 5.91 Å². The first-order chi connectivity index (χ1) is 12.3. The number of carbonyl (C=O) groups excluding carboxylic acids is 1. The molecule has 0 saturated carbocycles. The fourth-order valence-corrected chi connectivity index (χ4v) is 2.99. The van der Waals surface area contributed by atoms with Crippen LogP contribution in [0.5, 0.6) is 0 Å². The maximum absolute atomic E-state index is 13.1. The molecule has 0 fully saturated rings. The zero-order valence-corrected chi connectivity index (χ0v) is 13.5. The average molecular weight is 372 g/mol. The number of aromatic nitrogens is 2. The van der Waals surface area contributed by atoms with Crippen molar-refractivity contribution in [1.82, 2.24) is 15.1 Å². The van der Waals surface area contributed by atoms with Gasteiger partial charge in [-0.15, -0.1) is 0 Å². The lowest BCUT2D eigenvalue weighted by atomic mass is 9.95. The quantitative estimate of drug-likeness (QED) is 0.642. The van der Waals surface area contributed by atoms with Crippen molar-refractivity contribution in [2.45, 2.75) is 38.4 Å². The number of hydrogen-bond donors (Lipinski definition) is 1. The van der Waals surface area contributed by atoms with Crippen LogP contribution in [-0.2, 0) is 25.6 Å². The van der Waals surface area contributed by atoms with Crippen molar-refractivity contribution >= 4 is 11.8 Å². The van der Waals surface area contributed by atoms with Gasteiger partial charge in [-0.25, -0.2) is 0 Å². The molecule has 3 rings (SSSR count). The summed E-state index contributed by atoms with van der Waals surface area (Å²) < 4.78 is 45.4. The zero-order chi connectivity index (χ0) is 18.9. The standard InChI is InChI=1S/C15H15F3N4O4/c16-15(17,18)13-9-3-1-2-4-10(9)21(20-13)8-7-19-14(23)11-5-6-12(26-11)22(24)25/h5-6H,1-4,7-8H2,(H,19,23). The lowest BCUT2D eigenvalue weighted by molar-refractivity contribution is -0.402. The number of alkyl halides is 3. The number of furan rings is 1. The summed E-state index contributed by atoms with van der Waals surface area (Å²) >= 11 is 0. The van der Waals surface area contributed by atoms with Crippen LogP contribution in [0.4, 0.5) is 19.1 Å². The van der Waals surface area contributed by atoms with Crippen molar-refractivity contribution in [3.8, 4) is 0 Å². The van der Waals surface area contributed by atoms with E-state index >= 15 is 0 Å². The Hall–Kier alpha value is -2.85. The lowest BCUT2D eigenvalue weighted by Crippen LogP contribution is -2.28. The van der Waals surface area contributed by atoms with Crippen molar-refractivity contribution < 1.29 is 27.3 Å². The highest BCUT2D eigenvalue weighted by Gasteiger charge is 2.39. The van der Waals surface area contributed by atoms with Crippen molar-refractivity contribution in [1.29, 1.82) is 0 Å². The molecule has 0 aliphatic heterocycles. The number of amides is 1. The third-order valence-corrected chi connectivity index (χ3v) is 4.13. The maximum Gasteiger partial charge on any atom is 0.435 e. The van der Waals surface area contributed by atoms with E-state index in [0.29, 0.717) is 25.0 Å². The number of nitrogens with one attached hydrogen (secondary N) is 1. The number of nitrogens with zero attached hydrogens (tertiary/aromatic N) is 3. The van der Waals surface area contributed by atoms with Crippen LogP contribution in [0.15, 0.2) is 16.5 Å². The Balaban J connectivity index is 1.67. The molecule has 0 aromatic carbocycles. The van der Waals surface area contributed by atoms with Crippen molar-refractivity contribution in [3.63, 3.8) is 0 Å². The molecule has 1 aliphatic rings. The molecule has 0 spiro atoms. The third kappa shape index (κ3) is 3.55. The summed E-state index contributed by atoms with van der Waals surface area (Å²) in [5.41, 5.74) is -0.0802. The molecule has 0 bridgehead atoms. The first-order valence-electron chi connectivity index (χ1n) is 7.95. The molecule has 26 heavy (non-hydrogen) atoms. The molecule has 0 unspecified atom stereocenters. The average Bonchev–Trinajstić information content (AvgIpc) is 3.20. The highest BCUT2D eigenvalue weighted by Crippen LogP contribution is 2.35. The highest BCUT2D eigenvalue weighted by molar-refractivity contribution is 5.91. The summed E-state index contributed by atoms with van der Waals surface area (Å²) in [5, 5.41) is 16.7. The summed E-state index contributed by atoms with van der Waals surface area (Å²) in [7, 11) is 0. The summed E-state index contributed by atoms with van der Waals surface area (Å²) in [6, 6.07) is 2.21. The Morgan fingerprint density at radius 3 is 2.73 bits per heavy atom. The second kappa shape index (κ2) is 6.81. The maximum atomic E-state index is 13.1. The molecule has 0 saturated heterocycles. The van der Waals surface area contributed by atoms with E-state index in [9.17, 15) is 28.1 Å². The molecule has 2 aromatic heterocycles. The monoisotopic (exact) mass is 372 g/mol. The van der Waals surface area contributed by atoms with Gasteiger partial charge in [-0.05, 0) is 31.7 Å². The minimum absolute atomic E-state index is 0.0126. The summed E-state index contributed by atoms with van der Waals surface area (Å²) in [4.78, 5) is 21.6. The third-order valence-electron chi connectivity index (χ3n) is 4.13. The van der Waals surface area contributed by atoms with Gasteiger partial charge in [0.2, 0.25) is 0 Å². The van der Waals surface area contributed by atoms with E-state index in [-0.39, 0.29) is 24.4 Å². The van der Waals surface area contributed by atoms with Gasteiger partial charge >= 0.3 is 12.1 Å². The Morgan fingerprint density at radius 1 is 1.35 bits per heavy atom. The van der Waals surface area contributed by atoms with Crippen molar-refractivity contribution in [3.05, 3.63) is 45.0 Å². The smallest absolute Gasteiger partial charge is 0.395 e. The fraction of sp³-hybridized carbons (Fsp3) is 0.467. The first-order valence-corrected chi connectivity index (χ1v) is 7.95. The van der Waals surface area contributed by atoms with Crippen molar-refractivity contribution in [2.75, 3.05) is 6.54 Å². The van der Waals surface area contributed by atoms with Crippen LogP contribution in [0, 0.1) is 10.1 Å². The van der Waals surface area contributed by atoms with Crippen LogP contribution >= 0.6 is 0 Å². The van der Waals surface area contributed by atoms with Gasteiger partial charge in [0.1, 0.15) is 4.92 Å². The van der Waals surface area contributed by atoms with Crippen LogP contribution in [0.1, 0.15) is 40.3 Å². The van der Waals surface area contributed by atoms with Gasteiger partial charge < -0.3 is 9.73 Å². The van der Waals surface area contributed by atoms with E-state index in [1.165, 1.54) is 4.68 Å². The molecule has 0 atom stereocenters. The van der Waals surface area contributed by atoms with E-state index in [1.54, 1.807) is 0 Å². The summed E-state index contributed by atoms with van der Waals surface area (Å²) in [6.45, 7) is 0.0751. The number of fused-ring (bicyclic) bond motifs is 1. The van der Waals surface area contributed by atoms with Gasteiger partial charge in [0.05, 0.1) is 12.6 Å². The molecular weight excluding hydrogens is 357 g/mol. The SMILES string of the molecule is O=C(NCCn1nc(C(F)(F)F)c2c1CCCC2)c1ccc([N+](=O)[O-])o1.